The third kappa shape index (κ3) is 3.19. The number of hydrogen-bond donors (Lipinski definition) is 2. The second kappa shape index (κ2) is 5.65. The average molecular weight is 257 g/mol. The molecule has 0 spiro atoms. The van der Waals surface area contributed by atoms with Gasteiger partial charge in [0.05, 0.1) is 7.11 Å². The van der Waals surface area contributed by atoms with Crippen LogP contribution >= 0.6 is 0 Å². The third-order valence-electron chi connectivity index (χ3n) is 3.11. The van der Waals surface area contributed by atoms with E-state index in [1.807, 2.05) is 6.07 Å². The van der Waals surface area contributed by atoms with Crippen LogP contribution in [-0.4, -0.2) is 12.2 Å². The van der Waals surface area contributed by atoms with Crippen LogP contribution in [0.25, 0.3) is 0 Å². The number of anilines is 1. The molecule has 0 atom stereocenters. The zero-order valence-corrected chi connectivity index (χ0v) is 11.5. The van der Waals surface area contributed by atoms with E-state index in [1.54, 1.807) is 19.2 Å². The fraction of sp³-hybridized carbons (Fsp3) is 0.250. The molecule has 100 valence electrons. The predicted octanol–water partition coefficient (Wildman–Crippen LogP) is 3.63. The summed E-state index contributed by atoms with van der Waals surface area (Å²) in [4.78, 5) is 0. The Bertz CT molecular complexity index is 579. The average Bonchev–Trinajstić information content (AvgIpc) is 2.38. The van der Waals surface area contributed by atoms with Gasteiger partial charge < -0.3 is 15.2 Å². The molecule has 0 radical (unpaired) electrons. The van der Waals surface area contributed by atoms with Crippen molar-refractivity contribution in [3.05, 3.63) is 53.1 Å². The Morgan fingerprint density at radius 2 is 1.89 bits per heavy atom. The van der Waals surface area contributed by atoms with Gasteiger partial charge >= 0.3 is 0 Å². The van der Waals surface area contributed by atoms with Crippen molar-refractivity contribution in [3.8, 4) is 11.5 Å². The fourth-order valence-electron chi connectivity index (χ4n) is 2.05. The number of aromatic hydroxyl groups is 1. The molecule has 2 aromatic carbocycles. The van der Waals surface area contributed by atoms with Gasteiger partial charge in [-0.2, -0.15) is 0 Å². The molecule has 0 aliphatic rings. The van der Waals surface area contributed by atoms with E-state index in [9.17, 15) is 5.11 Å². The third-order valence-corrected chi connectivity index (χ3v) is 3.11. The SMILES string of the molecule is COc1ccc(CNc2ccc(C)cc2C)cc1O. The molecular weight excluding hydrogens is 238 g/mol. The van der Waals surface area contributed by atoms with Crippen LogP contribution in [0.1, 0.15) is 16.7 Å². The van der Waals surface area contributed by atoms with Crippen LogP contribution in [0.4, 0.5) is 5.69 Å². The first-order chi connectivity index (χ1) is 9.10. The van der Waals surface area contributed by atoms with E-state index in [-0.39, 0.29) is 5.75 Å². The second-order valence-electron chi connectivity index (χ2n) is 4.68. The smallest absolute Gasteiger partial charge is 0.160 e. The van der Waals surface area contributed by atoms with Gasteiger partial charge in [0.15, 0.2) is 11.5 Å². The molecule has 0 fully saturated rings. The number of ether oxygens (including phenoxy) is 1. The van der Waals surface area contributed by atoms with Crippen LogP contribution in [0, 0.1) is 13.8 Å². The predicted molar refractivity (Wildman–Crippen MR) is 77.9 cm³/mol. The number of nitrogens with one attached hydrogen (secondary N) is 1. The van der Waals surface area contributed by atoms with Crippen molar-refractivity contribution in [2.75, 3.05) is 12.4 Å². The van der Waals surface area contributed by atoms with Crippen LogP contribution in [0.3, 0.4) is 0 Å². The van der Waals surface area contributed by atoms with Crippen molar-refractivity contribution in [1.82, 2.24) is 0 Å². The molecule has 0 heterocycles. The van der Waals surface area contributed by atoms with E-state index in [1.165, 1.54) is 11.1 Å². The molecule has 0 amide bonds. The minimum Gasteiger partial charge on any atom is -0.504 e. The number of aryl methyl sites for hydroxylation is 2. The van der Waals surface area contributed by atoms with Gasteiger partial charge in [-0.05, 0) is 43.2 Å². The topological polar surface area (TPSA) is 41.5 Å². The standard InChI is InChI=1S/C16H19NO2/c1-11-4-6-14(12(2)8-11)17-10-13-5-7-16(19-3)15(18)9-13/h4-9,17-18H,10H2,1-3H3. The Morgan fingerprint density at radius 1 is 1.11 bits per heavy atom. The lowest BCUT2D eigenvalue weighted by Gasteiger charge is -2.11. The highest BCUT2D eigenvalue weighted by Gasteiger charge is 2.03. The highest BCUT2D eigenvalue weighted by Crippen LogP contribution is 2.26. The lowest BCUT2D eigenvalue weighted by molar-refractivity contribution is 0.373. The minimum absolute atomic E-state index is 0.169. The molecule has 3 heteroatoms. The summed E-state index contributed by atoms with van der Waals surface area (Å²) >= 11 is 0. The van der Waals surface area contributed by atoms with E-state index < -0.39 is 0 Å². The van der Waals surface area contributed by atoms with Gasteiger partial charge in [-0.1, -0.05) is 23.8 Å². The molecule has 0 unspecified atom stereocenters. The van der Waals surface area contributed by atoms with Crippen molar-refractivity contribution in [2.24, 2.45) is 0 Å². The van der Waals surface area contributed by atoms with Crippen molar-refractivity contribution < 1.29 is 9.84 Å². The Kier molecular flexibility index (Phi) is 3.95. The first-order valence-corrected chi connectivity index (χ1v) is 6.27. The second-order valence-corrected chi connectivity index (χ2v) is 4.68. The molecule has 2 aromatic rings. The molecule has 2 rings (SSSR count). The van der Waals surface area contributed by atoms with E-state index >= 15 is 0 Å². The van der Waals surface area contributed by atoms with Crippen molar-refractivity contribution >= 4 is 5.69 Å². The summed E-state index contributed by atoms with van der Waals surface area (Å²) in [6, 6.07) is 11.7. The first kappa shape index (κ1) is 13.3. The number of rotatable bonds is 4. The lowest BCUT2D eigenvalue weighted by Crippen LogP contribution is -2.01. The number of hydrogen-bond acceptors (Lipinski definition) is 3. The maximum atomic E-state index is 9.73. The van der Waals surface area contributed by atoms with E-state index in [0.29, 0.717) is 12.3 Å². The largest absolute Gasteiger partial charge is 0.504 e. The molecule has 0 saturated carbocycles. The van der Waals surface area contributed by atoms with Crippen LogP contribution < -0.4 is 10.1 Å². The van der Waals surface area contributed by atoms with Gasteiger partial charge in [-0.15, -0.1) is 0 Å². The quantitative estimate of drug-likeness (QED) is 0.878. The van der Waals surface area contributed by atoms with Crippen molar-refractivity contribution in [2.45, 2.75) is 20.4 Å². The Labute approximate surface area is 113 Å². The summed E-state index contributed by atoms with van der Waals surface area (Å²) in [5.41, 5.74) is 4.60. The molecule has 19 heavy (non-hydrogen) atoms. The fourth-order valence-corrected chi connectivity index (χ4v) is 2.05. The summed E-state index contributed by atoms with van der Waals surface area (Å²) in [7, 11) is 1.54. The van der Waals surface area contributed by atoms with E-state index in [4.69, 9.17) is 4.74 Å². The molecular formula is C16H19NO2. The van der Waals surface area contributed by atoms with Crippen LogP contribution in [0.2, 0.25) is 0 Å². The Hall–Kier alpha value is -2.16. The molecule has 0 aliphatic heterocycles. The number of methoxy groups -OCH3 is 1. The maximum absolute atomic E-state index is 9.73. The minimum atomic E-state index is 0.169. The number of phenols is 1. The monoisotopic (exact) mass is 257 g/mol. The lowest BCUT2D eigenvalue weighted by atomic mass is 10.1. The summed E-state index contributed by atoms with van der Waals surface area (Å²) in [5.74, 6) is 0.665. The van der Waals surface area contributed by atoms with Gasteiger partial charge in [-0.25, -0.2) is 0 Å². The van der Waals surface area contributed by atoms with Gasteiger partial charge in [0.25, 0.3) is 0 Å². The van der Waals surface area contributed by atoms with Gasteiger partial charge in [0, 0.05) is 12.2 Å². The zero-order chi connectivity index (χ0) is 13.8. The van der Waals surface area contributed by atoms with Gasteiger partial charge in [0.2, 0.25) is 0 Å². The maximum Gasteiger partial charge on any atom is 0.160 e. The Morgan fingerprint density at radius 3 is 2.53 bits per heavy atom. The van der Waals surface area contributed by atoms with Gasteiger partial charge in [0.1, 0.15) is 0 Å². The molecule has 0 aliphatic carbocycles. The summed E-state index contributed by atoms with van der Waals surface area (Å²) < 4.78 is 5.02. The first-order valence-electron chi connectivity index (χ1n) is 6.27. The highest BCUT2D eigenvalue weighted by atomic mass is 16.5. The van der Waals surface area contributed by atoms with Crippen molar-refractivity contribution in [1.29, 1.82) is 0 Å². The van der Waals surface area contributed by atoms with Gasteiger partial charge in [-0.3, -0.25) is 0 Å². The van der Waals surface area contributed by atoms with Crippen LogP contribution in [0.15, 0.2) is 36.4 Å². The molecule has 0 bridgehead atoms. The van der Waals surface area contributed by atoms with Crippen molar-refractivity contribution in [3.63, 3.8) is 0 Å². The molecule has 0 saturated heterocycles. The number of benzene rings is 2. The number of phenolic OH excluding ortho intramolecular Hbond substituents is 1. The van der Waals surface area contributed by atoms with E-state index in [2.05, 4.69) is 37.4 Å². The highest BCUT2D eigenvalue weighted by molar-refractivity contribution is 5.52. The Balaban J connectivity index is 2.08. The summed E-state index contributed by atoms with van der Waals surface area (Å²) in [6.45, 7) is 4.83. The summed E-state index contributed by atoms with van der Waals surface area (Å²) in [5, 5.41) is 13.1. The molecule has 0 aromatic heterocycles. The normalized spacial score (nSPS) is 10.3. The zero-order valence-electron chi connectivity index (χ0n) is 11.5. The molecule has 2 N–H and O–H groups in total. The van der Waals surface area contributed by atoms with Crippen LogP contribution in [0.5, 0.6) is 11.5 Å². The van der Waals surface area contributed by atoms with E-state index in [0.717, 1.165) is 11.3 Å². The summed E-state index contributed by atoms with van der Waals surface area (Å²) in [6.07, 6.45) is 0. The molecule has 3 nitrogen and oxygen atoms in total. The van der Waals surface area contributed by atoms with Crippen LogP contribution in [-0.2, 0) is 6.54 Å².